The third-order valence-corrected chi connectivity index (χ3v) is 4.80. The largest absolute Gasteiger partial charge is 0.486 e. The molecule has 0 atom stereocenters. The van der Waals surface area contributed by atoms with Gasteiger partial charge in [-0.3, -0.25) is 4.79 Å². The van der Waals surface area contributed by atoms with Crippen molar-refractivity contribution in [3.63, 3.8) is 0 Å². The van der Waals surface area contributed by atoms with Gasteiger partial charge in [-0.05, 0) is 47.5 Å². The molecule has 0 aromatic heterocycles. The highest BCUT2D eigenvalue weighted by Crippen LogP contribution is 2.31. The lowest BCUT2D eigenvalue weighted by Gasteiger charge is -2.23. The van der Waals surface area contributed by atoms with Gasteiger partial charge in [-0.15, -0.1) is 0 Å². The summed E-state index contributed by atoms with van der Waals surface area (Å²) in [5.74, 6) is 2.14. The first-order chi connectivity index (χ1) is 13.7. The van der Waals surface area contributed by atoms with Gasteiger partial charge in [-0.2, -0.15) is 0 Å². The van der Waals surface area contributed by atoms with Crippen molar-refractivity contribution < 1.29 is 19.0 Å². The molecule has 1 aliphatic rings. The fourth-order valence-corrected chi connectivity index (χ4v) is 3.28. The Hall–Kier alpha value is -3.21. The van der Waals surface area contributed by atoms with Crippen LogP contribution in [0.4, 0.5) is 0 Å². The number of carbonyl (C=O) groups excluding carboxylic acids is 1. The minimum Gasteiger partial charge on any atom is -0.486 e. The molecular formula is C23H23NO4. The summed E-state index contributed by atoms with van der Waals surface area (Å²) in [5, 5.41) is 2.24. The van der Waals surface area contributed by atoms with E-state index in [4.69, 9.17) is 14.2 Å². The number of ether oxygens (including phenoxy) is 3. The van der Waals surface area contributed by atoms with Gasteiger partial charge in [0.1, 0.15) is 19.0 Å². The van der Waals surface area contributed by atoms with E-state index in [0.29, 0.717) is 32.1 Å². The molecule has 3 aromatic rings. The lowest BCUT2D eigenvalue weighted by Crippen LogP contribution is -2.34. The van der Waals surface area contributed by atoms with Crippen molar-refractivity contribution >= 4 is 16.7 Å². The molecule has 0 radical (unpaired) electrons. The van der Waals surface area contributed by atoms with Gasteiger partial charge in [-0.25, -0.2) is 0 Å². The van der Waals surface area contributed by atoms with Crippen LogP contribution in [0.25, 0.3) is 10.8 Å². The van der Waals surface area contributed by atoms with E-state index in [1.807, 2.05) is 61.5 Å². The van der Waals surface area contributed by atoms with Crippen LogP contribution in [0.5, 0.6) is 17.2 Å². The number of hydrogen-bond donors (Lipinski definition) is 0. The van der Waals surface area contributed by atoms with Gasteiger partial charge in [0.15, 0.2) is 18.1 Å². The summed E-state index contributed by atoms with van der Waals surface area (Å²) in [7, 11) is 0. The molecule has 5 heteroatoms. The highest BCUT2D eigenvalue weighted by molar-refractivity contribution is 5.84. The fourth-order valence-electron chi connectivity index (χ4n) is 3.28. The number of fused-ring (bicyclic) bond motifs is 2. The normalized spacial score (nSPS) is 12.6. The molecule has 1 amide bonds. The molecule has 4 rings (SSSR count). The first-order valence-corrected chi connectivity index (χ1v) is 9.51. The lowest BCUT2D eigenvalue weighted by atomic mass is 10.1. The van der Waals surface area contributed by atoms with Crippen molar-refractivity contribution in [1.82, 2.24) is 4.90 Å². The van der Waals surface area contributed by atoms with Gasteiger partial charge >= 0.3 is 0 Å². The summed E-state index contributed by atoms with van der Waals surface area (Å²) in [5.41, 5.74) is 1.00. The Morgan fingerprint density at radius 1 is 0.964 bits per heavy atom. The minimum atomic E-state index is -0.0504. The summed E-state index contributed by atoms with van der Waals surface area (Å²) in [6.07, 6.45) is 0. The molecule has 1 heterocycles. The lowest BCUT2D eigenvalue weighted by molar-refractivity contribution is -0.133. The number of benzene rings is 3. The zero-order chi connectivity index (χ0) is 19.3. The number of likely N-dealkylation sites (N-methyl/N-ethyl adjacent to an activating group) is 1. The summed E-state index contributed by atoms with van der Waals surface area (Å²) >= 11 is 0. The van der Waals surface area contributed by atoms with Crippen LogP contribution in [-0.4, -0.2) is 37.2 Å². The van der Waals surface area contributed by atoms with Crippen molar-refractivity contribution in [2.24, 2.45) is 0 Å². The molecule has 0 bridgehead atoms. The maximum atomic E-state index is 12.6. The number of hydrogen-bond acceptors (Lipinski definition) is 4. The average Bonchev–Trinajstić information content (AvgIpc) is 2.75. The highest BCUT2D eigenvalue weighted by Gasteiger charge is 2.16. The molecule has 144 valence electrons. The van der Waals surface area contributed by atoms with E-state index in [1.54, 1.807) is 4.90 Å². The van der Waals surface area contributed by atoms with Gasteiger partial charge in [0.25, 0.3) is 5.91 Å². The van der Waals surface area contributed by atoms with Crippen LogP contribution >= 0.6 is 0 Å². The second kappa shape index (κ2) is 8.21. The second-order valence-electron chi connectivity index (χ2n) is 6.68. The number of amides is 1. The summed E-state index contributed by atoms with van der Waals surface area (Å²) in [4.78, 5) is 14.4. The predicted octanol–water partition coefficient (Wildman–Crippen LogP) is 4.04. The van der Waals surface area contributed by atoms with E-state index in [0.717, 1.165) is 27.8 Å². The third-order valence-electron chi connectivity index (χ3n) is 4.80. The Balaban J connectivity index is 1.39. The van der Waals surface area contributed by atoms with E-state index < -0.39 is 0 Å². The van der Waals surface area contributed by atoms with Crippen LogP contribution in [0, 0.1) is 0 Å². The van der Waals surface area contributed by atoms with Crippen LogP contribution in [0.2, 0.25) is 0 Å². The Labute approximate surface area is 164 Å². The van der Waals surface area contributed by atoms with E-state index in [2.05, 4.69) is 6.07 Å². The van der Waals surface area contributed by atoms with Gasteiger partial charge in [0.2, 0.25) is 0 Å². The number of nitrogens with zero attached hydrogens (tertiary/aromatic N) is 1. The summed E-state index contributed by atoms with van der Waals surface area (Å²) in [6.45, 7) is 4.20. The molecule has 5 nitrogen and oxygen atoms in total. The van der Waals surface area contributed by atoms with Crippen molar-refractivity contribution in [3.8, 4) is 17.2 Å². The zero-order valence-corrected chi connectivity index (χ0v) is 15.9. The van der Waals surface area contributed by atoms with E-state index >= 15 is 0 Å². The van der Waals surface area contributed by atoms with Crippen molar-refractivity contribution in [3.05, 3.63) is 66.2 Å². The molecule has 0 spiro atoms. The molecule has 0 N–H and O–H groups in total. The van der Waals surface area contributed by atoms with Crippen LogP contribution in [0.1, 0.15) is 12.5 Å². The van der Waals surface area contributed by atoms with E-state index in [-0.39, 0.29) is 12.5 Å². The molecule has 3 aromatic carbocycles. The average molecular weight is 377 g/mol. The zero-order valence-electron chi connectivity index (χ0n) is 15.9. The molecule has 0 fully saturated rings. The Kier molecular flexibility index (Phi) is 5.33. The number of carbonyl (C=O) groups is 1. The van der Waals surface area contributed by atoms with Gasteiger partial charge in [0, 0.05) is 13.1 Å². The summed E-state index contributed by atoms with van der Waals surface area (Å²) in [6, 6.07) is 19.7. The monoisotopic (exact) mass is 377 g/mol. The smallest absolute Gasteiger partial charge is 0.260 e. The van der Waals surface area contributed by atoms with Crippen LogP contribution in [-0.2, 0) is 11.3 Å². The second-order valence-corrected chi connectivity index (χ2v) is 6.68. The molecular weight excluding hydrogens is 354 g/mol. The van der Waals surface area contributed by atoms with Gasteiger partial charge in [0.05, 0.1) is 0 Å². The van der Waals surface area contributed by atoms with E-state index in [9.17, 15) is 4.79 Å². The molecule has 0 unspecified atom stereocenters. The fraction of sp³-hybridized carbons (Fsp3) is 0.261. The topological polar surface area (TPSA) is 48.0 Å². The van der Waals surface area contributed by atoms with Crippen molar-refractivity contribution in [1.29, 1.82) is 0 Å². The first kappa shape index (κ1) is 18.2. The maximum absolute atomic E-state index is 12.6. The Morgan fingerprint density at radius 3 is 2.57 bits per heavy atom. The first-order valence-electron chi connectivity index (χ1n) is 9.51. The third kappa shape index (κ3) is 4.03. The molecule has 28 heavy (non-hydrogen) atoms. The molecule has 1 aliphatic heterocycles. The highest BCUT2D eigenvalue weighted by atomic mass is 16.6. The van der Waals surface area contributed by atoms with E-state index in [1.165, 1.54) is 0 Å². The SMILES string of the molecule is CCN(Cc1ccc2c(c1)OCCO2)C(=O)COc1ccc2ccccc2c1. The number of rotatable bonds is 6. The molecule has 0 aliphatic carbocycles. The summed E-state index contributed by atoms with van der Waals surface area (Å²) < 4.78 is 16.9. The van der Waals surface area contributed by atoms with Crippen LogP contribution < -0.4 is 14.2 Å². The Morgan fingerprint density at radius 2 is 1.75 bits per heavy atom. The molecule has 0 saturated heterocycles. The van der Waals surface area contributed by atoms with Crippen LogP contribution in [0.15, 0.2) is 60.7 Å². The standard InChI is InChI=1S/C23H23NO4/c1-2-24(15-17-7-10-21-22(13-17)27-12-11-26-21)23(25)16-28-20-9-8-18-5-3-4-6-19(18)14-20/h3-10,13-14H,2,11-12,15-16H2,1H3. The predicted molar refractivity (Wildman–Crippen MR) is 108 cm³/mol. The van der Waals surface area contributed by atoms with Gasteiger partial charge < -0.3 is 19.1 Å². The van der Waals surface area contributed by atoms with Crippen LogP contribution in [0.3, 0.4) is 0 Å². The van der Waals surface area contributed by atoms with Crippen molar-refractivity contribution in [2.75, 3.05) is 26.4 Å². The molecule has 0 saturated carbocycles. The minimum absolute atomic E-state index is 0.0106. The van der Waals surface area contributed by atoms with Gasteiger partial charge in [-0.1, -0.05) is 36.4 Å². The quantitative estimate of drug-likeness (QED) is 0.651. The van der Waals surface area contributed by atoms with Crippen molar-refractivity contribution in [2.45, 2.75) is 13.5 Å². The Bertz CT molecular complexity index is 985. The maximum Gasteiger partial charge on any atom is 0.260 e.